The normalized spacial score (nSPS) is 13.2. The van der Waals surface area contributed by atoms with Crippen LogP contribution in [0, 0.1) is 10.8 Å². The lowest BCUT2D eigenvalue weighted by atomic mass is 9.62. The highest BCUT2D eigenvalue weighted by molar-refractivity contribution is 8.03. The number of amides is 6. The van der Waals surface area contributed by atoms with Crippen LogP contribution in [0.2, 0.25) is 0 Å². The van der Waals surface area contributed by atoms with Crippen molar-refractivity contribution in [2.45, 2.75) is 155 Å². The van der Waals surface area contributed by atoms with E-state index in [0.717, 1.165) is 102 Å². The summed E-state index contributed by atoms with van der Waals surface area (Å²) in [5, 5.41) is 24.8. The average molecular weight is 1980 g/mol. The molecule has 0 radical (unpaired) electrons. The number of hydrogen-bond acceptors (Lipinski definition) is 32. The van der Waals surface area contributed by atoms with Crippen LogP contribution in [0.25, 0.3) is 33.9 Å². The van der Waals surface area contributed by atoms with Gasteiger partial charge in [-0.2, -0.15) is 0 Å². The van der Waals surface area contributed by atoms with Crippen molar-refractivity contribution in [3.63, 3.8) is 0 Å². The molecule has 1 aliphatic carbocycles. The minimum atomic E-state index is -0.254. The molecule has 0 aliphatic heterocycles. The van der Waals surface area contributed by atoms with Crippen LogP contribution in [0.3, 0.4) is 0 Å². The van der Waals surface area contributed by atoms with Gasteiger partial charge in [-0.15, -0.1) is 10.2 Å². The van der Waals surface area contributed by atoms with E-state index in [1.165, 1.54) is 62.6 Å². The van der Waals surface area contributed by atoms with Crippen molar-refractivity contribution in [3.05, 3.63) is 187 Å². The number of anilines is 4. The van der Waals surface area contributed by atoms with Crippen LogP contribution >= 0.6 is 34.9 Å². The summed E-state index contributed by atoms with van der Waals surface area (Å²) in [5.74, 6) is 1.71. The van der Waals surface area contributed by atoms with Gasteiger partial charge in [0.15, 0.2) is 8.68 Å². The summed E-state index contributed by atoms with van der Waals surface area (Å²) in [4.78, 5) is 110. The third kappa shape index (κ3) is 57.1. The van der Waals surface area contributed by atoms with Gasteiger partial charge in [0.05, 0.1) is 127 Å². The molecule has 0 saturated heterocycles. The standard InChI is InChI=1S/C19H19N3O2.C17H18N2O2.C14H22N2O6S3.C14H26N2O2.C12H12N2O2.C10H12N2O2.2C5H12O2.C4H10O2/c1-23-12-14-6-8-16(20-10-14)18-4-3-5-19(22-18)17-9-7-15(11-21-17)13-24-2;1-12(20)18-16-7-3-14(4-8-16)11-15-5-9-17(10-6-15)19-13(2)21;1-19-5-7-21-11(17)3-9-23-13-15-16-14(25-13)24-10-4-12(18)22-8-6-20-2;1-10(17)15-9-14(5)7-12(16-11(2)18)6-13(3,4)8-14;1-15-11-7-13-5-3-9(11)10-4-6-14-8-12(10)16-2;1-7(13)11-9-4-3-5-10(6-9)12-8(2)14;2*1-5(7-3)4-6-2;1-5-3-4-6-2/h3-11H,12-13H2,1-2H3;3-10H,11H2,1-2H3,(H,18,20)(H,19,21);3-10H2,1-2H3;12H,6-9H2,1-5H3,(H,15,17)(H,16,18);3-8H,1-2H3;3-6H,1-2H3,(H,11,13)(H,12,14);2*5H,4H2,1-3H3;3-4H2,1-2H3. The molecule has 1 aliphatic rings. The molecule has 6 aromatic heterocycles. The Morgan fingerprint density at radius 1 is 0.428 bits per heavy atom. The molecule has 138 heavy (non-hydrogen) atoms. The van der Waals surface area contributed by atoms with Crippen LogP contribution in [0.4, 0.5) is 22.7 Å². The molecule has 1 fully saturated rings. The molecule has 6 N–H and O–H groups in total. The van der Waals surface area contributed by atoms with E-state index in [0.29, 0.717) is 107 Å². The predicted molar refractivity (Wildman–Crippen MR) is 541 cm³/mol. The molecule has 9 aromatic rings. The number of benzene rings is 3. The van der Waals surface area contributed by atoms with Crippen molar-refractivity contribution >= 4 is 105 Å². The first-order valence-corrected chi connectivity index (χ1v) is 47.0. The van der Waals surface area contributed by atoms with Crippen molar-refractivity contribution in [2.75, 3.05) is 177 Å². The monoisotopic (exact) mass is 1970 g/mol. The van der Waals surface area contributed by atoms with Gasteiger partial charge in [-0.05, 0) is 151 Å². The Labute approximate surface area is 826 Å². The predicted octanol–water partition coefficient (Wildman–Crippen LogP) is 15.8. The minimum Gasteiger partial charge on any atom is -0.494 e. The van der Waals surface area contributed by atoms with Gasteiger partial charge >= 0.3 is 11.9 Å². The highest BCUT2D eigenvalue weighted by atomic mass is 32.2. The third-order valence-corrected chi connectivity index (χ3v) is 21.8. The number of nitrogens with zero attached hydrogens (tertiary/aromatic N) is 7. The number of nitrogens with one attached hydrogen (secondary N) is 6. The first kappa shape index (κ1) is 123. The molecule has 4 atom stereocenters. The van der Waals surface area contributed by atoms with E-state index in [4.69, 9.17) is 56.8 Å². The van der Waals surface area contributed by atoms with Crippen LogP contribution in [0.15, 0.2) is 173 Å². The summed E-state index contributed by atoms with van der Waals surface area (Å²) in [6.07, 6.45) is 15.3. The lowest BCUT2D eigenvalue weighted by Gasteiger charge is -2.46. The lowest BCUT2D eigenvalue weighted by Crippen LogP contribution is -2.49. The van der Waals surface area contributed by atoms with Gasteiger partial charge in [0.1, 0.15) is 24.7 Å². The number of carbonyl (C=O) groups excluding carboxylic acids is 8. The van der Waals surface area contributed by atoms with Crippen molar-refractivity contribution in [1.82, 2.24) is 45.8 Å². The number of esters is 2. The van der Waals surface area contributed by atoms with Crippen LogP contribution in [-0.2, 0) is 115 Å². The molecule has 6 amide bonds. The smallest absolute Gasteiger partial charge is 0.306 e. The number of thioether (sulfide) groups is 2. The Morgan fingerprint density at radius 3 is 1.16 bits per heavy atom. The Kier molecular flexibility index (Phi) is 64.8. The lowest BCUT2D eigenvalue weighted by molar-refractivity contribution is -0.145. The minimum absolute atomic E-state index is 0.00989. The summed E-state index contributed by atoms with van der Waals surface area (Å²) in [5.41, 5.74) is 12.8. The average Bonchev–Trinajstić information content (AvgIpc) is 0.924. The fraction of sp³-hybridized carbons (Fsp3) is 0.470. The zero-order valence-electron chi connectivity index (χ0n) is 84.1. The molecular formula is C100H143N13O22S3. The summed E-state index contributed by atoms with van der Waals surface area (Å²) >= 11 is 4.35. The molecule has 0 spiro atoms. The topological polar surface area (TPSA) is 428 Å². The maximum absolute atomic E-state index is 11.4. The quantitative estimate of drug-likeness (QED) is 0.0118. The molecule has 38 heteroatoms. The van der Waals surface area contributed by atoms with Gasteiger partial charge in [-0.1, -0.05) is 104 Å². The molecule has 758 valence electrons. The molecule has 10 rings (SSSR count). The van der Waals surface area contributed by atoms with Gasteiger partial charge in [0.2, 0.25) is 35.4 Å². The van der Waals surface area contributed by atoms with E-state index >= 15 is 0 Å². The van der Waals surface area contributed by atoms with Crippen LogP contribution in [0.1, 0.15) is 131 Å². The number of ether oxygens (including phenoxy) is 14. The van der Waals surface area contributed by atoms with Gasteiger partial charge in [-0.25, -0.2) is 4.98 Å². The molecular weight excluding hydrogens is 1830 g/mol. The largest absolute Gasteiger partial charge is 0.494 e. The number of rotatable bonds is 41. The number of hydrogen-bond donors (Lipinski definition) is 6. The number of pyridine rings is 5. The van der Waals surface area contributed by atoms with E-state index in [9.17, 15) is 38.4 Å². The Hall–Kier alpha value is -11.4. The Bertz CT molecular complexity index is 4660. The van der Waals surface area contributed by atoms with Gasteiger partial charge in [0.25, 0.3) is 0 Å². The molecule has 1 saturated carbocycles. The molecule has 6 heterocycles. The van der Waals surface area contributed by atoms with E-state index in [1.807, 2.05) is 129 Å². The fourth-order valence-corrected chi connectivity index (χ4v) is 15.7. The number of carbonyl (C=O) groups is 8. The molecule has 35 nitrogen and oxygen atoms in total. The fourth-order valence-electron chi connectivity index (χ4n) is 12.7. The van der Waals surface area contributed by atoms with E-state index in [2.05, 4.69) is 97.3 Å². The highest BCUT2D eigenvalue weighted by Gasteiger charge is 2.41. The van der Waals surface area contributed by atoms with E-state index in [1.54, 1.807) is 148 Å². The van der Waals surface area contributed by atoms with Crippen molar-refractivity contribution in [1.29, 1.82) is 0 Å². The third-order valence-electron chi connectivity index (χ3n) is 18.6. The zero-order chi connectivity index (χ0) is 102. The first-order chi connectivity index (χ1) is 66.1. The van der Waals surface area contributed by atoms with Crippen molar-refractivity contribution < 1.29 is 105 Å². The summed E-state index contributed by atoms with van der Waals surface area (Å²) in [6.45, 7) is 25.4. The Morgan fingerprint density at radius 2 is 0.819 bits per heavy atom. The second-order valence-electron chi connectivity index (χ2n) is 31.7. The van der Waals surface area contributed by atoms with Gasteiger partial charge in [0, 0.05) is 195 Å². The van der Waals surface area contributed by atoms with Crippen LogP contribution < -0.4 is 41.4 Å². The van der Waals surface area contributed by atoms with Crippen molar-refractivity contribution in [2.24, 2.45) is 10.8 Å². The molecule has 3 aromatic carbocycles. The molecule has 0 bridgehead atoms. The summed E-state index contributed by atoms with van der Waals surface area (Å²) in [7, 11) is 19.7. The SMILES string of the molecule is CC(=O)NCC1(C)CC(NC(C)=O)CC(C)(C)C1.CC(=O)Nc1ccc(Cc2ccc(NC(C)=O)cc2)cc1.CC(=O)Nc1cccc(NC(C)=O)c1.COCC(C)OC.COCC(C)OC.COCCOC.COCCOC(=O)CCSc1nnc(SCCC(=O)OCCOC)s1.COCc1ccc(-c2cccc(-c3ccc(COC)cn3)n2)nc1.COc1cnccc1-c1ccncc1OC. The highest BCUT2D eigenvalue weighted by Crippen LogP contribution is 2.46. The second kappa shape index (κ2) is 72.9. The van der Waals surface area contributed by atoms with E-state index in [-0.39, 0.29) is 89.7 Å². The van der Waals surface area contributed by atoms with Crippen LogP contribution in [-0.4, -0.2) is 257 Å². The van der Waals surface area contributed by atoms with Gasteiger partial charge in [-0.3, -0.25) is 58.3 Å². The summed E-state index contributed by atoms with van der Waals surface area (Å²) < 4.78 is 70.4. The van der Waals surface area contributed by atoms with Gasteiger partial charge < -0.3 is 98.2 Å². The number of methoxy groups -OCH3 is 12. The van der Waals surface area contributed by atoms with Crippen LogP contribution in [0.5, 0.6) is 11.5 Å². The van der Waals surface area contributed by atoms with E-state index < -0.39 is 0 Å². The molecule has 4 unspecified atom stereocenters. The van der Waals surface area contributed by atoms with Crippen molar-refractivity contribution in [3.8, 4) is 45.4 Å². The zero-order valence-corrected chi connectivity index (χ0v) is 86.5. The summed E-state index contributed by atoms with van der Waals surface area (Å²) in [6, 6.07) is 40.3. The second-order valence-corrected chi connectivity index (χ2v) is 35.4. The number of aromatic nitrogens is 7. The maximum Gasteiger partial charge on any atom is 0.306 e. The Balaban J connectivity index is 0.000000542. The first-order valence-electron chi connectivity index (χ1n) is 44.2. The maximum atomic E-state index is 11.4.